The summed E-state index contributed by atoms with van der Waals surface area (Å²) in [7, 11) is 2.00. The van der Waals surface area contributed by atoms with Crippen LogP contribution >= 0.6 is 15.9 Å². The first-order valence-corrected chi connectivity index (χ1v) is 7.82. The minimum absolute atomic E-state index is 0.449. The molecule has 0 aliphatic rings. The van der Waals surface area contributed by atoms with Crippen LogP contribution in [0.15, 0.2) is 41.0 Å². The molecule has 1 aromatic heterocycles. The molecule has 1 unspecified atom stereocenters. The maximum Gasteiger partial charge on any atom is 0.0635 e. The van der Waals surface area contributed by atoms with E-state index in [2.05, 4.69) is 70.5 Å². The molecule has 0 fully saturated rings. The molecule has 20 heavy (non-hydrogen) atoms. The summed E-state index contributed by atoms with van der Waals surface area (Å²) in [6.45, 7) is 5.34. The van der Waals surface area contributed by atoms with Gasteiger partial charge < -0.3 is 5.32 Å². The van der Waals surface area contributed by atoms with Crippen molar-refractivity contribution in [2.24, 2.45) is 7.05 Å². The van der Waals surface area contributed by atoms with E-state index in [4.69, 9.17) is 0 Å². The number of halogens is 1. The Morgan fingerprint density at radius 1 is 1.25 bits per heavy atom. The van der Waals surface area contributed by atoms with Crippen molar-refractivity contribution >= 4 is 15.9 Å². The van der Waals surface area contributed by atoms with Crippen LogP contribution in [0, 0.1) is 0 Å². The highest BCUT2D eigenvalue weighted by Gasteiger charge is 2.16. The van der Waals surface area contributed by atoms with E-state index in [1.807, 2.05) is 17.9 Å². The number of nitrogens with zero attached hydrogens (tertiary/aromatic N) is 2. The Bertz CT molecular complexity index is 514. The number of hydrogen-bond donors (Lipinski definition) is 1. The topological polar surface area (TPSA) is 29.9 Å². The molecular weight excluding hydrogens is 314 g/mol. The Labute approximate surface area is 129 Å². The van der Waals surface area contributed by atoms with Crippen LogP contribution in [0.25, 0.3) is 0 Å². The first-order chi connectivity index (χ1) is 9.58. The number of benzene rings is 1. The lowest BCUT2D eigenvalue weighted by atomic mass is 9.94. The largest absolute Gasteiger partial charge is 0.314 e. The van der Waals surface area contributed by atoms with Crippen molar-refractivity contribution in [1.29, 1.82) is 0 Å². The molecule has 0 radical (unpaired) electrons. The van der Waals surface area contributed by atoms with Crippen LogP contribution in [-0.2, 0) is 13.5 Å². The third-order valence-electron chi connectivity index (χ3n) is 3.49. The number of aryl methyl sites for hydroxylation is 1. The highest BCUT2D eigenvalue weighted by molar-refractivity contribution is 9.10. The van der Waals surface area contributed by atoms with E-state index < -0.39 is 0 Å². The number of rotatable bonds is 6. The molecule has 4 heteroatoms. The standard InChI is InChI=1S/C16H22BrN3/c1-12(2)18-10-14(13-7-5-4-6-8-13)9-16-15(17)11-19-20(16)3/h4-8,11-12,14,18H,9-10H2,1-3H3. The van der Waals surface area contributed by atoms with E-state index in [0.29, 0.717) is 12.0 Å². The van der Waals surface area contributed by atoms with Gasteiger partial charge in [-0.3, -0.25) is 4.68 Å². The van der Waals surface area contributed by atoms with Crippen molar-refractivity contribution in [2.45, 2.75) is 32.2 Å². The van der Waals surface area contributed by atoms with Crippen molar-refractivity contribution in [1.82, 2.24) is 15.1 Å². The predicted octanol–water partition coefficient (Wildman–Crippen LogP) is 3.51. The molecule has 1 aromatic carbocycles. The zero-order valence-electron chi connectivity index (χ0n) is 12.3. The van der Waals surface area contributed by atoms with Crippen molar-refractivity contribution in [3.05, 3.63) is 52.3 Å². The molecule has 1 atom stereocenters. The summed E-state index contributed by atoms with van der Waals surface area (Å²) in [6, 6.07) is 11.2. The SMILES string of the molecule is CC(C)NCC(Cc1c(Br)cnn1C)c1ccccc1. The van der Waals surface area contributed by atoms with Gasteiger partial charge in [-0.05, 0) is 27.9 Å². The summed E-state index contributed by atoms with van der Waals surface area (Å²) in [6.07, 6.45) is 2.84. The molecule has 2 aromatic rings. The van der Waals surface area contributed by atoms with Gasteiger partial charge in [0.1, 0.15) is 0 Å². The molecule has 0 aliphatic carbocycles. The Kier molecular flexibility index (Phi) is 5.38. The minimum atomic E-state index is 0.449. The Balaban J connectivity index is 2.19. The quantitative estimate of drug-likeness (QED) is 0.875. The molecular formula is C16H22BrN3. The Morgan fingerprint density at radius 3 is 2.50 bits per heavy atom. The lowest BCUT2D eigenvalue weighted by molar-refractivity contribution is 0.516. The monoisotopic (exact) mass is 335 g/mol. The van der Waals surface area contributed by atoms with Crippen LogP contribution in [0.3, 0.4) is 0 Å². The van der Waals surface area contributed by atoms with Crippen molar-refractivity contribution in [3.63, 3.8) is 0 Å². The second-order valence-corrected chi connectivity index (χ2v) is 6.29. The fourth-order valence-electron chi connectivity index (χ4n) is 2.31. The summed E-state index contributed by atoms with van der Waals surface area (Å²) in [4.78, 5) is 0. The van der Waals surface area contributed by atoms with E-state index >= 15 is 0 Å². The lowest BCUT2D eigenvalue weighted by Gasteiger charge is -2.20. The molecule has 0 saturated heterocycles. The van der Waals surface area contributed by atoms with Gasteiger partial charge in [-0.1, -0.05) is 44.2 Å². The van der Waals surface area contributed by atoms with Crippen molar-refractivity contribution in [3.8, 4) is 0 Å². The Morgan fingerprint density at radius 2 is 1.95 bits per heavy atom. The van der Waals surface area contributed by atoms with Crippen LogP contribution in [0.4, 0.5) is 0 Å². The average Bonchev–Trinajstić information content (AvgIpc) is 2.75. The van der Waals surface area contributed by atoms with Gasteiger partial charge in [-0.15, -0.1) is 0 Å². The highest BCUT2D eigenvalue weighted by atomic mass is 79.9. The highest BCUT2D eigenvalue weighted by Crippen LogP contribution is 2.24. The summed E-state index contributed by atoms with van der Waals surface area (Å²) in [5.41, 5.74) is 2.61. The maximum atomic E-state index is 4.31. The summed E-state index contributed by atoms with van der Waals surface area (Å²) < 4.78 is 3.04. The average molecular weight is 336 g/mol. The van der Waals surface area contributed by atoms with Crippen LogP contribution in [0.2, 0.25) is 0 Å². The fraction of sp³-hybridized carbons (Fsp3) is 0.438. The minimum Gasteiger partial charge on any atom is -0.314 e. The number of nitrogens with one attached hydrogen (secondary N) is 1. The van der Waals surface area contributed by atoms with Crippen molar-refractivity contribution < 1.29 is 0 Å². The molecule has 3 nitrogen and oxygen atoms in total. The van der Waals surface area contributed by atoms with Gasteiger partial charge in [0.05, 0.1) is 16.4 Å². The van der Waals surface area contributed by atoms with Gasteiger partial charge in [-0.25, -0.2) is 0 Å². The van der Waals surface area contributed by atoms with Crippen LogP contribution in [-0.4, -0.2) is 22.4 Å². The zero-order valence-corrected chi connectivity index (χ0v) is 13.9. The molecule has 0 spiro atoms. The molecule has 0 bridgehead atoms. The summed E-state index contributed by atoms with van der Waals surface area (Å²) >= 11 is 3.59. The van der Waals surface area contributed by atoms with E-state index in [1.54, 1.807) is 0 Å². The van der Waals surface area contributed by atoms with Crippen molar-refractivity contribution in [2.75, 3.05) is 6.54 Å². The van der Waals surface area contributed by atoms with Gasteiger partial charge in [0.15, 0.2) is 0 Å². The summed E-state index contributed by atoms with van der Waals surface area (Å²) in [5, 5.41) is 7.86. The molecule has 108 valence electrons. The number of hydrogen-bond acceptors (Lipinski definition) is 2. The van der Waals surface area contributed by atoms with Crippen LogP contribution in [0.1, 0.15) is 31.0 Å². The van der Waals surface area contributed by atoms with Gasteiger partial charge in [0.2, 0.25) is 0 Å². The molecule has 0 aliphatic heterocycles. The molecule has 1 N–H and O–H groups in total. The first kappa shape index (κ1) is 15.3. The lowest BCUT2D eigenvalue weighted by Crippen LogP contribution is -2.29. The van der Waals surface area contributed by atoms with Gasteiger partial charge in [0, 0.05) is 25.6 Å². The second kappa shape index (κ2) is 7.04. The maximum absolute atomic E-state index is 4.31. The van der Waals surface area contributed by atoms with Crippen LogP contribution in [0.5, 0.6) is 0 Å². The zero-order chi connectivity index (χ0) is 14.5. The fourth-order valence-corrected chi connectivity index (χ4v) is 2.82. The summed E-state index contributed by atoms with van der Waals surface area (Å²) in [5.74, 6) is 0.449. The van der Waals surface area contributed by atoms with Gasteiger partial charge in [-0.2, -0.15) is 5.10 Å². The molecule has 0 amide bonds. The smallest absolute Gasteiger partial charge is 0.0635 e. The normalized spacial score (nSPS) is 12.8. The van der Waals surface area contributed by atoms with Gasteiger partial charge in [0.25, 0.3) is 0 Å². The third-order valence-corrected chi connectivity index (χ3v) is 4.16. The van der Waals surface area contributed by atoms with E-state index in [-0.39, 0.29) is 0 Å². The molecule has 0 saturated carbocycles. The predicted molar refractivity (Wildman–Crippen MR) is 86.9 cm³/mol. The molecule has 2 rings (SSSR count). The van der Waals surface area contributed by atoms with E-state index in [9.17, 15) is 0 Å². The second-order valence-electron chi connectivity index (χ2n) is 5.44. The van der Waals surface area contributed by atoms with Gasteiger partial charge >= 0.3 is 0 Å². The Hall–Kier alpha value is -1.13. The number of aromatic nitrogens is 2. The van der Waals surface area contributed by atoms with Crippen LogP contribution < -0.4 is 5.32 Å². The molecule has 1 heterocycles. The third kappa shape index (κ3) is 3.93. The first-order valence-electron chi connectivity index (χ1n) is 7.02. The van der Waals surface area contributed by atoms with E-state index in [1.165, 1.54) is 11.3 Å². The van der Waals surface area contributed by atoms with E-state index in [0.717, 1.165) is 17.4 Å².